The number of nitrogens with zero attached hydrogens (tertiary/aromatic N) is 1. The van der Waals surface area contributed by atoms with Crippen LogP contribution in [0.5, 0.6) is 5.75 Å². The molecule has 1 unspecified atom stereocenters. The molecule has 0 fully saturated rings. The zero-order valence-electron chi connectivity index (χ0n) is 14.4. The van der Waals surface area contributed by atoms with Crippen molar-refractivity contribution in [2.75, 3.05) is 6.61 Å². The van der Waals surface area contributed by atoms with Gasteiger partial charge in [-0.05, 0) is 35.4 Å². The molecule has 0 saturated carbocycles. The summed E-state index contributed by atoms with van der Waals surface area (Å²) < 4.78 is 18.7. The zero-order chi connectivity index (χ0) is 19.1. The molecule has 1 atom stereocenters. The van der Waals surface area contributed by atoms with Crippen LogP contribution in [0.3, 0.4) is 0 Å². The molecule has 0 aliphatic carbocycles. The summed E-state index contributed by atoms with van der Waals surface area (Å²) in [7, 11) is 0. The lowest BCUT2D eigenvalue weighted by Crippen LogP contribution is -2.33. The summed E-state index contributed by atoms with van der Waals surface area (Å²) >= 11 is 0. The molecule has 0 aliphatic rings. The number of para-hydroxylation sites is 1. The minimum absolute atomic E-state index is 0.233. The number of carbonyl (C=O) groups excluding carboxylic acids is 1. The zero-order valence-corrected chi connectivity index (χ0v) is 14.4. The Morgan fingerprint density at radius 2 is 1.59 bits per heavy atom. The number of hydrogen-bond acceptors (Lipinski definition) is 3. The highest BCUT2D eigenvalue weighted by atomic mass is 19.1. The third-order valence-electron chi connectivity index (χ3n) is 4.01. The van der Waals surface area contributed by atoms with Crippen molar-refractivity contribution in [3.05, 3.63) is 101 Å². The molecule has 0 aliphatic heterocycles. The maximum Gasteiger partial charge on any atom is 0.258 e. The Kier molecular flexibility index (Phi) is 5.80. The van der Waals surface area contributed by atoms with Crippen LogP contribution in [-0.4, -0.2) is 12.5 Å². The van der Waals surface area contributed by atoms with Crippen molar-refractivity contribution in [1.82, 2.24) is 5.32 Å². The fourth-order valence-electron chi connectivity index (χ4n) is 2.69. The van der Waals surface area contributed by atoms with Crippen molar-refractivity contribution in [1.29, 1.82) is 5.26 Å². The normalized spacial score (nSPS) is 11.3. The van der Waals surface area contributed by atoms with E-state index in [-0.39, 0.29) is 18.3 Å². The number of rotatable bonds is 6. The van der Waals surface area contributed by atoms with Gasteiger partial charge in [0.2, 0.25) is 0 Å². The number of nitriles is 1. The van der Waals surface area contributed by atoms with Crippen LogP contribution in [0, 0.1) is 17.1 Å². The summed E-state index contributed by atoms with van der Waals surface area (Å²) in [6.45, 7) is -0.233. The van der Waals surface area contributed by atoms with E-state index >= 15 is 0 Å². The van der Waals surface area contributed by atoms with Crippen molar-refractivity contribution in [2.24, 2.45) is 0 Å². The molecule has 1 amide bonds. The SMILES string of the molecule is N#Cc1ccccc1OCC(=O)NC(c1ccccc1)c1ccc(F)cc1. The number of ether oxygens (including phenoxy) is 1. The second kappa shape index (κ2) is 8.63. The molecule has 4 nitrogen and oxygen atoms in total. The highest BCUT2D eigenvalue weighted by Gasteiger charge is 2.17. The average Bonchev–Trinajstić information content (AvgIpc) is 2.72. The fourth-order valence-corrected chi connectivity index (χ4v) is 2.69. The minimum Gasteiger partial charge on any atom is -0.482 e. The van der Waals surface area contributed by atoms with Crippen LogP contribution in [0.1, 0.15) is 22.7 Å². The lowest BCUT2D eigenvalue weighted by atomic mass is 9.98. The number of hydrogen-bond donors (Lipinski definition) is 1. The van der Waals surface area contributed by atoms with Crippen LogP contribution < -0.4 is 10.1 Å². The molecule has 3 aromatic rings. The van der Waals surface area contributed by atoms with E-state index < -0.39 is 6.04 Å². The first kappa shape index (κ1) is 18.2. The first-order valence-corrected chi connectivity index (χ1v) is 8.39. The van der Waals surface area contributed by atoms with Crippen LogP contribution in [-0.2, 0) is 4.79 Å². The van der Waals surface area contributed by atoms with Crippen LogP contribution in [0.25, 0.3) is 0 Å². The highest BCUT2D eigenvalue weighted by Crippen LogP contribution is 2.22. The van der Waals surface area contributed by atoms with E-state index in [2.05, 4.69) is 5.32 Å². The smallest absolute Gasteiger partial charge is 0.258 e. The number of benzene rings is 3. The first-order chi connectivity index (χ1) is 13.2. The van der Waals surface area contributed by atoms with Crippen LogP contribution >= 0.6 is 0 Å². The molecule has 5 heteroatoms. The summed E-state index contributed by atoms with van der Waals surface area (Å²) in [5.74, 6) is -0.331. The van der Waals surface area contributed by atoms with Crippen molar-refractivity contribution >= 4 is 5.91 Å². The van der Waals surface area contributed by atoms with E-state index in [4.69, 9.17) is 10.00 Å². The van der Waals surface area contributed by atoms with Gasteiger partial charge in [-0.15, -0.1) is 0 Å². The Balaban J connectivity index is 1.75. The van der Waals surface area contributed by atoms with Gasteiger partial charge in [0.05, 0.1) is 11.6 Å². The molecular formula is C22H17FN2O2. The second-order valence-corrected chi connectivity index (χ2v) is 5.86. The third kappa shape index (κ3) is 4.71. The van der Waals surface area contributed by atoms with Gasteiger partial charge in [-0.25, -0.2) is 4.39 Å². The quantitative estimate of drug-likeness (QED) is 0.723. The summed E-state index contributed by atoms with van der Waals surface area (Å²) in [5, 5.41) is 12.0. The number of nitrogens with one attached hydrogen (secondary N) is 1. The Hall–Kier alpha value is -3.65. The molecule has 3 rings (SSSR count). The van der Waals surface area contributed by atoms with Gasteiger partial charge in [-0.3, -0.25) is 4.79 Å². The third-order valence-corrected chi connectivity index (χ3v) is 4.01. The Morgan fingerprint density at radius 1 is 0.963 bits per heavy atom. The van der Waals surface area contributed by atoms with Gasteiger partial charge >= 0.3 is 0 Å². The lowest BCUT2D eigenvalue weighted by Gasteiger charge is -2.20. The summed E-state index contributed by atoms with van der Waals surface area (Å²) in [4.78, 5) is 12.4. The molecule has 27 heavy (non-hydrogen) atoms. The topological polar surface area (TPSA) is 62.1 Å². The molecule has 0 radical (unpaired) electrons. The van der Waals surface area contributed by atoms with E-state index in [0.29, 0.717) is 11.3 Å². The standard InChI is InChI=1S/C22H17FN2O2/c23-19-12-10-17(11-13-19)22(16-6-2-1-3-7-16)25-21(26)15-27-20-9-5-4-8-18(20)14-24/h1-13,22H,15H2,(H,25,26). The van der Waals surface area contributed by atoms with Gasteiger partial charge in [0.1, 0.15) is 17.6 Å². The van der Waals surface area contributed by atoms with Gasteiger partial charge in [0.25, 0.3) is 5.91 Å². The molecule has 0 saturated heterocycles. The van der Waals surface area contributed by atoms with Crippen molar-refractivity contribution in [2.45, 2.75) is 6.04 Å². The first-order valence-electron chi connectivity index (χ1n) is 8.39. The van der Waals surface area contributed by atoms with E-state index in [1.807, 2.05) is 36.4 Å². The Morgan fingerprint density at radius 3 is 2.30 bits per heavy atom. The maximum absolute atomic E-state index is 13.3. The average molecular weight is 360 g/mol. The molecule has 0 heterocycles. The predicted octanol–water partition coefficient (Wildman–Crippen LogP) is 3.98. The van der Waals surface area contributed by atoms with Crippen LogP contribution in [0.4, 0.5) is 4.39 Å². The van der Waals surface area contributed by atoms with Crippen molar-refractivity contribution < 1.29 is 13.9 Å². The van der Waals surface area contributed by atoms with E-state index in [1.54, 1.807) is 36.4 Å². The van der Waals surface area contributed by atoms with Gasteiger partial charge in [-0.2, -0.15) is 5.26 Å². The van der Waals surface area contributed by atoms with Gasteiger partial charge in [-0.1, -0.05) is 54.6 Å². The molecule has 3 aromatic carbocycles. The minimum atomic E-state index is -0.436. The summed E-state index contributed by atoms with van der Waals surface area (Å²) in [5.41, 5.74) is 1.99. The molecule has 0 aromatic heterocycles. The number of carbonyl (C=O) groups is 1. The largest absolute Gasteiger partial charge is 0.482 e. The Labute approximate surface area is 156 Å². The Bertz CT molecular complexity index is 950. The summed E-state index contributed by atoms with van der Waals surface area (Å²) in [6.07, 6.45) is 0. The number of halogens is 1. The highest BCUT2D eigenvalue weighted by molar-refractivity contribution is 5.78. The van der Waals surface area contributed by atoms with E-state index in [9.17, 15) is 9.18 Å². The maximum atomic E-state index is 13.3. The van der Waals surface area contributed by atoms with Crippen molar-refractivity contribution in [3.63, 3.8) is 0 Å². The van der Waals surface area contributed by atoms with Crippen LogP contribution in [0.2, 0.25) is 0 Å². The molecule has 0 spiro atoms. The number of amides is 1. The second-order valence-electron chi connectivity index (χ2n) is 5.86. The van der Waals surface area contributed by atoms with Gasteiger partial charge < -0.3 is 10.1 Å². The van der Waals surface area contributed by atoms with E-state index in [0.717, 1.165) is 11.1 Å². The monoisotopic (exact) mass is 360 g/mol. The van der Waals surface area contributed by atoms with Gasteiger partial charge in [0, 0.05) is 0 Å². The predicted molar refractivity (Wildman–Crippen MR) is 99.5 cm³/mol. The van der Waals surface area contributed by atoms with Crippen molar-refractivity contribution in [3.8, 4) is 11.8 Å². The van der Waals surface area contributed by atoms with E-state index in [1.165, 1.54) is 12.1 Å². The molecule has 134 valence electrons. The molecule has 0 bridgehead atoms. The lowest BCUT2D eigenvalue weighted by molar-refractivity contribution is -0.123. The van der Waals surface area contributed by atoms with Crippen LogP contribution in [0.15, 0.2) is 78.9 Å². The van der Waals surface area contributed by atoms with Gasteiger partial charge in [0.15, 0.2) is 6.61 Å². The molecular weight excluding hydrogens is 343 g/mol. The summed E-state index contributed by atoms with van der Waals surface area (Å²) in [6, 6.07) is 23.7. The fraction of sp³-hybridized carbons (Fsp3) is 0.0909. The molecule has 1 N–H and O–H groups in total.